The standard InChI is InChI=1S/C14H8Cl2I2/c15-14(16)13(9-1-5-11(17)6-2-9)10-3-7-12(18)8-4-10/h1-8H. The maximum Gasteiger partial charge on any atom is 0.115 e. The van der Waals surface area contributed by atoms with E-state index in [1.165, 1.54) is 7.14 Å². The Morgan fingerprint density at radius 3 is 1.28 bits per heavy atom. The van der Waals surface area contributed by atoms with Gasteiger partial charge in [0.25, 0.3) is 0 Å². The Labute approximate surface area is 144 Å². The van der Waals surface area contributed by atoms with Gasteiger partial charge >= 0.3 is 0 Å². The van der Waals surface area contributed by atoms with E-state index >= 15 is 0 Å². The summed E-state index contributed by atoms with van der Waals surface area (Å²) in [6.45, 7) is 0. The fourth-order valence-electron chi connectivity index (χ4n) is 1.62. The van der Waals surface area contributed by atoms with Crippen molar-refractivity contribution in [2.75, 3.05) is 0 Å². The molecule has 4 heteroatoms. The number of hydrogen-bond acceptors (Lipinski definition) is 0. The maximum atomic E-state index is 6.03. The van der Waals surface area contributed by atoms with Gasteiger partial charge in [0.1, 0.15) is 4.49 Å². The Morgan fingerprint density at radius 1 is 0.667 bits per heavy atom. The van der Waals surface area contributed by atoms with Crippen molar-refractivity contribution in [1.82, 2.24) is 0 Å². The van der Waals surface area contributed by atoms with E-state index in [0.717, 1.165) is 16.7 Å². The van der Waals surface area contributed by atoms with Crippen LogP contribution in [-0.2, 0) is 0 Å². The van der Waals surface area contributed by atoms with Gasteiger partial charge in [-0.05, 0) is 80.6 Å². The van der Waals surface area contributed by atoms with E-state index in [9.17, 15) is 0 Å². The summed E-state index contributed by atoms with van der Waals surface area (Å²) in [5.74, 6) is 0. The van der Waals surface area contributed by atoms with Gasteiger partial charge in [-0.3, -0.25) is 0 Å². The van der Waals surface area contributed by atoms with Gasteiger partial charge in [-0.15, -0.1) is 0 Å². The van der Waals surface area contributed by atoms with Crippen LogP contribution >= 0.6 is 68.4 Å². The largest absolute Gasteiger partial charge is 0.115 e. The molecule has 0 heterocycles. The second-order valence-corrected chi connectivity index (χ2v) is 7.09. The van der Waals surface area contributed by atoms with Crippen molar-refractivity contribution in [2.24, 2.45) is 0 Å². The average Bonchev–Trinajstić information content (AvgIpc) is 2.34. The van der Waals surface area contributed by atoms with Crippen LogP contribution in [0.4, 0.5) is 0 Å². The molecule has 2 aromatic rings. The monoisotopic (exact) mass is 500 g/mol. The van der Waals surface area contributed by atoms with Crippen LogP contribution in [0.3, 0.4) is 0 Å². The summed E-state index contributed by atoms with van der Waals surface area (Å²) in [4.78, 5) is 0. The third-order valence-electron chi connectivity index (χ3n) is 2.45. The topological polar surface area (TPSA) is 0 Å². The minimum absolute atomic E-state index is 0.289. The zero-order valence-electron chi connectivity index (χ0n) is 9.13. The van der Waals surface area contributed by atoms with Gasteiger partial charge in [0.15, 0.2) is 0 Å². The minimum atomic E-state index is 0.289. The Morgan fingerprint density at radius 2 is 1.00 bits per heavy atom. The molecule has 0 fully saturated rings. The summed E-state index contributed by atoms with van der Waals surface area (Å²) in [5.41, 5.74) is 2.92. The van der Waals surface area contributed by atoms with Crippen LogP contribution in [0, 0.1) is 7.14 Å². The van der Waals surface area contributed by atoms with Gasteiger partial charge in [-0.2, -0.15) is 0 Å². The average molecular weight is 501 g/mol. The third-order valence-corrected chi connectivity index (χ3v) is 4.27. The van der Waals surface area contributed by atoms with E-state index < -0.39 is 0 Å². The zero-order chi connectivity index (χ0) is 13.1. The van der Waals surface area contributed by atoms with Crippen LogP contribution in [-0.4, -0.2) is 0 Å². The molecule has 18 heavy (non-hydrogen) atoms. The fraction of sp³-hybridized carbons (Fsp3) is 0. The number of rotatable bonds is 2. The van der Waals surface area contributed by atoms with E-state index in [-0.39, 0.29) is 4.49 Å². The summed E-state index contributed by atoms with van der Waals surface area (Å²) >= 11 is 16.6. The molecule has 92 valence electrons. The van der Waals surface area contributed by atoms with Crippen LogP contribution in [0.1, 0.15) is 11.1 Å². The molecular formula is C14H8Cl2I2. The van der Waals surface area contributed by atoms with Crippen molar-refractivity contribution < 1.29 is 0 Å². The van der Waals surface area contributed by atoms with Crippen molar-refractivity contribution in [3.05, 3.63) is 71.3 Å². The Bertz CT molecular complexity index is 520. The van der Waals surface area contributed by atoms with Crippen LogP contribution in [0.25, 0.3) is 5.57 Å². The molecule has 0 N–H and O–H groups in total. The van der Waals surface area contributed by atoms with Crippen LogP contribution in [0.15, 0.2) is 53.0 Å². The predicted molar refractivity (Wildman–Crippen MR) is 96.0 cm³/mol. The normalized spacial score (nSPS) is 10.2. The molecule has 0 spiro atoms. The first-order chi connectivity index (χ1) is 8.58. The molecule has 0 saturated carbocycles. The number of hydrogen-bond donors (Lipinski definition) is 0. The highest BCUT2D eigenvalue weighted by atomic mass is 127. The van der Waals surface area contributed by atoms with Gasteiger partial charge in [-0.25, -0.2) is 0 Å². The first-order valence-corrected chi connectivity index (χ1v) is 8.06. The highest BCUT2D eigenvalue weighted by Gasteiger charge is 2.09. The molecule has 0 saturated heterocycles. The van der Waals surface area contributed by atoms with Crippen LogP contribution in [0.5, 0.6) is 0 Å². The molecule has 0 radical (unpaired) electrons. The third kappa shape index (κ3) is 3.62. The second kappa shape index (κ2) is 6.59. The lowest BCUT2D eigenvalue weighted by Crippen LogP contribution is -1.89. The number of halogens is 4. The first kappa shape index (κ1) is 14.6. The fourth-order valence-corrected chi connectivity index (χ4v) is 2.77. The van der Waals surface area contributed by atoms with Crippen LogP contribution in [0.2, 0.25) is 0 Å². The van der Waals surface area contributed by atoms with E-state index in [2.05, 4.69) is 45.2 Å². The summed E-state index contributed by atoms with van der Waals surface area (Å²) in [6, 6.07) is 16.3. The Hall–Kier alpha value is 0.220. The summed E-state index contributed by atoms with van der Waals surface area (Å²) in [5, 5.41) is 0. The molecule has 0 aromatic heterocycles. The lowest BCUT2D eigenvalue weighted by Gasteiger charge is -2.09. The zero-order valence-corrected chi connectivity index (χ0v) is 15.0. The molecule has 0 nitrogen and oxygen atoms in total. The molecule has 0 aliphatic carbocycles. The van der Waals surface area contributed by atoms with Crippen molar-refractivity contribution >= 4 is 74.0 Å². The summed E-state index contributed by atoms with van der Waals surface area (Å²) in [6.07, 6.45) is 0. The Kier molecular flexibility index (Phi) is 5.35. The van der Waals surface area contributed by atoms with Gasteiger partial charge in [0.2, 0.25) is 0 Å². The molecular weight excluding hydrogens is 493 g/mol. The van der Waals surface area contributed by atoms with Crippen molar-refractivity contribution in [2.45, 2.75) is 0 Å². The Balaban J connectivity index is 2.51. The molecule has 0 amide bonds. The van der Waals surface area contributed by atoms with E-state index in [1.54, 1.807) is 0 Å². The highest BCUT2D eigenvalue weighted by molar-refractivity contribution is 14.1. The lowest BCUT2D eigenvalue weighted by atomic mass is 10.00. The molecule has 0 atom stereocenters. The van der Waals surface area contributed by atoms with Gasteiger partial charge < -0.3 is 0 Å². The maximum absolute atomic E-state index is 6.03. The van der Waals surface area contributed by atoms with Gasteiger partial charge in [0.05, 0.1) is 0 Å². The SMILES string of the molecule is ClC(Cl)=C(c1ccc(I)cc1)c1ccc(I)cc1. The van der Waals surface area contributed by atoms with E-state index in [4.69, 9.17) is 23.2 Å². The lowest BCUT2D eigenvalue weighted by molar-refractivity contribution is 1.52. The van der Waals surface area contributed by atoms with Crippen molar-refractivity contribution in [1.29, 1.82) is 0 Å². The number of benzene rings is 2. The molecule has 0 aliphatic heterocycles. The molecule has 2 rings (SSSR count). The quantitative estimate of drug-likeness (QED) is 0.438. The van der Waals surface area contributed by atoms with Gasteiger partial charge in [-0.1, -0.05) is 47.5 Å². The van der Waals surface area contributed by atoms with E-state index in [1.807, 2.05) is 48.5 Å². The summed E-state index contributed by atoms with van der Waals surface area (Å²) < 4.78 is 2.66. The van der Waals surface area contributed by atoms with Crippen molar-refractivity contribution in [3.8, 4) is 0 Å². The molecule has 0 aliphatic rings. The predicted octanol–water partition coefficient (Wildman–Crippen LogP) is 6.09. The van der Waals surface area contributed by atoms with Crippen LogP contribution < -0.4 is 0 Å². The minimum Gasteiger partial charge on any atom is -0.0702 e. The smallest absolute Gasteiger partial charge is 0.0702 e. The highest BCUT2D eigenvalue weighted by Crippen LogP contribution is 2.31. The van der Waals surface area contributed by atoms with Crippen molar-refractivity contribution in [3.63, 3.8) is 0 Å². The van der Waals surface area contributed by atoms with E-state index in [0.29, 0.717) is 0 Å². The molecule has 0 unspecified atom stereocenters. The second-order valence-electron chi connectivity index (χ2n) is 3.65. The van der Waals surface area contributed by atoms with Gasteiger partial charge in [0, 0.05) is 12.7 Å². The first-order valence-electron chi connectivity index (χ1n) is 5.15. The molecule has 0 bridgehead atoms. The molecule has 2 aromatic carbocycles. The summed E-state index contributed by atoms with van der Waals surface area (Å²) in [7, 11) is 0.